The number of benzene rings is 1. The van der Waals surface area contributed by atoms with E-state index in [0.29, 0.717) is 6.04 Å². The van der Waals surface area contributed by atoms with Crippen molar-refractivity contribution in [1.82, 2.24) is 4.90 Å². The standard InChI is InChI=1S/C14H18NO/c1-12(16)15(14-9-5-6-10-14)11-13-7-3-2-4-8-13/h3-4,7-8,14H,5-6,9-11H2,1H3. The first-order valence-corrected chi connectivity index (χ1v) is 5.99. The summed E-state index contributed by atoms with van der Waals surface area (Å²) < 4.78 is 0. The Morgan fingerprint density at radius 3 is 2.56 bits per heavy atom. The molecule has 2 nitrogen and oxygen atoms in total. The van der Waals surface area contributed by atoms with Gasteiger partial charge in [0.1, 0.15) is 0 Å². The number of hydrogen-bond donors (Lipinski definition) is 0. The van der Waals surface area contributed by atoms with Gasteiger partial charge in [0.05, 0.1) is 0 Å². The first-order valence-electron chi connectivity index (χ1n) is 5.99. The van der Waals surface area contributed by atoms with Crippen LogP contribution >= 0.6 is 0 Å². The van der Waals surface area contributed by atoms with Crippen molar-refractivity contribution in [3.8, 4) is 0 Å². The van der Waals surface area contributed by atoms with Crippen LogP contribution < -0.4 is 0 Å². The highest BCUT2D eigenvalue weighted by Gasteiger charge is 2.24. The minimum Gasteiger partial charge on any atom is -0.336 e. The highest BCUT2D eigenvalue weighted by atomic mass is 16.2. The summed E-state index contributed by atoms with van der Waals surface area (Å²) in [5, 5.41) is 0. The molecule has 1 aliphatic carbocycles. The molecule has 1 aromatic carbocycles. The topological polar surface area (TPSA) is 20.3 Å². The van der Waals surface area contributed by atoms with E-state index in [9.17, 15) is 4.79 Å². The molecular formula is C14H18NO. The molecule has 2 rings (SSSR count). The average molecular weight is 216 g/mol. The van der Waals surface area contributed by atoms with E-state index in [2.05, 4.69) is 6.07 Å². The van der Waals surface area contributed by atoms with Crippen molar-refractivity contribution in [1.29, 1.82) is 0 Å². The van der Waals surface area contributed by atoms with Crippen LogP contribution in [0.1, 0.15) is 38.2 Å². The predicted octanol–water partition coefficient (Wildman–Crippen LogP) is 2.78. The van der Waals surface area contributed by atoms with E-state index < -0.39 is 0 Å². The molecule has 0 heterocycles. The second-order valence-corrected chi connectivity index (χ2v) is 4.49. The molecule has 1 radical (unpaired) electrons. The molecule has 1 saturated carbocycles. The Morgan fingerprint density at radius 1 is 1.38 bits per heavy atom. The van der Waals surface area contributed by atoms with Crippen LogP contribution in [-0.4, -0.2) is 16.8 Å². The Labute approximate surface area is 97.3 Å². The van der Waals surface area contributed by atoms with Crippen LogP contribution in [-0.2, 0) is 11.3 Å². The molecule has 0 saturated heterocycles. The maximum absolute atomic E-state index is 11.7. The summed E-state index contributed by atoms with van der Waals surface area (Å²) in [5.74, 6) is 0.194. The molecule has 0 aliphatic heterocycles. The zero-order chi connectivity index (χ0) is 11.4. The van der Waals surface area contributed by atoms with E-state index in [-0.39, 0.29) is 5.91 Å². The van der Waals surface area contributed by atoms with E-state index in [0.717, 1.165) is 6.54 Å². The normalized spacial score (nSPS) is 16.3. The van der Waals surface area contributed by atoms with Gasteiger partial charge in [-0.05, 0) is 24.5 Å². The minimum atomic E-state index is 0.194. The summed E-state index contributed by atoms with van der Waals surface area (Å²) in [7, 11) is 0. The molecule has 1 aliphatic rings. The smallest absolute Gasteiger partial charge is 0.219 e. The monoisotopic (exact) mass is 216 g/mol. The number of carbonyl (C=O) groups is 1. The van der Waals surface area contributed by atoms with Crippen molar-refractivity contribution in [3.05, 3.63) is 35.9 Å². The molecule has 1 aromatic rings. The van der Waals surface area contributed by atoms with Crippen molar-refractivity contribution in [2.75, 3.05) is 0 Å². The molecule has 1 fully saturated rings. The molecule has 1 amide bonds. The number of nitrogens with zero attached hydrogens (tertiary/aromatic N) is 1. The van der Waals surface area contributed by atoms with Gasteiger partial charge in [0.2, 0.25) is 5.91 Å². The lowest BCUT2D eigenvalue weighted by Crippen LogP contribution is -2.36. The number of carbonyl (C=O) groups excluding carboxylic acids is 1. The fourth-order valence-electron chi connectivity index (χ4n) is 2.44. The number of amides is 1. The summed E-state index contributed by atoms with van der Waals surface area (Å²) in [5.41, 5.74) is 1.20. The Hall–Kier alpha value is -1.31. The van der Waals surface area contributed by atoms with Gasteiger partial charge in [-0.15, -0.1) is 0 Å². The second kappa shape index (κ2) is 5.15. The molecule has 16 heavy (non-hydrogen) atoms. The fraction of sp³-hybridized carbons (Fsp3) is 0.500. The molecule has 0 N–H and O–H groups in total. The zero-order valence-electron chi connectivity index (χ0n) is 9.78. The van der Waals surface area contributed by atoms with E-state index in [1.807, 2.05) is 29.2 Å². The van der Waals surface area contributed by atoms with E-state index in [1.165, 1.54) is 31.2 Å². The van der Waals surface area contributed by atoms with Crippen LogP contribution in [0.5, 0.6) is 0 Å². The lowest BCUT2D eigenvalue weighted by molar-refractivity contribution is -0.131. The molecule has 0 bridgehead atoms. The number of hydrogen-bond acceptors (Lipinski definition) is 1. The first kappa shape index (κ1) is 11.2. The van der Waals surface area contributed by atoms with E-state index >= 15 is 0 Å². The molecule has 2 heteroatoms. The molecule has 0 unspecified atom stereocenters. The first-order chi connectivity index (χ1) is 7.77. The van der Waals surface area contributed by atoms with Gasteiger partial charge < -0.3 is 4.90 Å². The Morgan fingerprint density at radius 2 is 2.00 bits per heavy atom. The summed E-state index contributed by atoms with van der Waals surface area (Å²) in [6.07, 6.45) is 4.85. The van der Waals surface area contributed by atoms with Gasteiger partial charge in [0, 0.05) is 19.5 Å². The SMILES string of the molecule is CC(=O)N(Cc1cc[c]cc1)C1CCCC1. The summed E-state index contributed by atoms with van der Waals surface area (Å²) in [6.45, 7) is 2.42. The van der Waals surface area contributed by atoms with Crippen LogP contribution in [0.2, 0.25) is 0 Å². The van der Waals surface area contributed by atoms with Gasteiger partial charge in [0.25, 0.3) is 0 Å². The van der Waals surface area contributed by atoms with Crippen LogP contribution in [0, 0.1) is 6.07 Å². The van der Waals surface area contributed by atoms with Gasteiger partial charge in [-0.1, -0.05) is 37.1 Å². The van der Waals surface area contributed by atoms with Gasteiger partial charge in [-0.2, -0.15) is 0 Å². The maximum Gasteiger partial charge on any atom is 0.219 e. The van der Waals surface area contributed by atoms with E-state index in [1.54, 1.807) is 6.92 Å². The molecule has 0 atom stereocenters. The van der Waals surface area contributed by atoms with Crippen LogP contribution in [0.4, 0.5) is 0 Å². The lowest BCUT2D eigenvalue weighted by Gasteiger charge is -2.27. The van der Waals surface area contributed by atoms with Gasteiger partial charge in [-0.25, -0.2) is 0 Å². The largest absolute Gasteiger partial charge is 0.336 e. The Bertz CT molecular complexity index is 341. The maximum atomic E-state index is 11.7. The third-order valence-corrected chi connectivity index (χ3v) is 3.31. The minimum absolute atomic E-state index is 0.194. The zero-order valence-corrected chi connectivity index (χ0v) is 9.78. The van der Waals surface area contributed by atoms with Crippen molar-refractivity contribution in [2.24, 2.45) is 0 Å². The van der Waals surface area contributed by atoms with Crippen LogP contribution in [0.25, 0.3) is 0 Å². The quantitative estimate of drug-likeness (QED) is 0.760. The highest BCUT2D eigenvalue weighted by Crippen LogP contribution is 2.24. The van der Waals surface area contributed by atoms with Crippen LogP contribution in [0.3, 0.4) is 0 Å². The van der Waals surface area contributed by atoms with Crippen molar-refractivity contribution < 1.29 is 4.79 Å². The Balaban J connectivity index is 2.05. The van der Waals surface area contributed by atoms with E-state index in [4.69, 9.17) is 0 Å². The average Bonchev–Trinajstić information content (AvgIpc) is 2.80. The fourth-order valence-corrected chi connectivity index (χ4v) is 2.44. The second-order valence-electron chi connectivity index (χ2n) is 4.49. The van der Waals surface area contributed by atoms with Crippen molar-refractivity contribution in [2.45, 2.75) is 45.2 Å². The summed E-state index contributed by atoms with van der Waals surface area (Å²) >= 11 is 0. The van der Waals surface area contributed by atoms with Crippen molar-refractivity contribution in [3.63, 3.8) is 0 Å². The summed E-state index contributed by atoms with van der Waals surface area (Å²) in [4.78, 5) is 13.7. The number of rotatable bonds is 3. The highest BCUT2D eigenvalue weighted by molar-refractivity contribution is 5.73. The van der Waals surface area contributed by atoms with Crippen molar-refractivity contribution >= 4 is 5.91 Å². The molecular weight excluding hydrogens is 198 g/mol. The molecule has 85 valence electrons. The molecule has 0 spiro atoms. The Kier molecular flexibility index (Phi) is 3.60. The summed E-state index contributed by atoms with van der Waals surface area (Å²) in [6, 6.07) is 11.3. The lowest BCUT2D eigenvalue weighted by atomic mass is 10.1. The molecule has 0 aromatic heterocycles. The third-order valence-electron chi connectivity index (χ3n) is 3.31. The third kappa shape index (κ3) is 2.63. The van der Waals surface area contributed by atoms with Gasteiger partial charge >= 0.3 is 0 Å². The predicted molar refractivity (Wildman–Crippen MR) is 63.8 cm³/mol. The van der Waals surface area contributed by atoms with Crippen LogP contribution in [0.15, 0.2) is 24.3 Å². The van der Waals surface area contributed by atoms with Gasteiger partial charge in [-0.3, -0.25) is 4.79 Å². The van der Waals surface area contributed by atoms with Gasteiger partial charge in [0.15, 0.2) is 0 Å².